The summed E-state index contributed by atoms with van der Waals surface area (Å²) in [5.41, 5.74) is 0.656. The van der Waals surface area contributed by atoms with Crippen LogP contribution in [0.2, 0.25) is 0 Å². The first kappa shape index (κ1) is 13.9. The van der Waals surface area contributed by atoms with E-state index in [1.807, 2.05) is 30.3 Å². The standard InChI is InChI=1S/C14H14N2O4/c1-10(16(19)20)14(9-15(17)18)13-8-4-6-11-5-2-3-7-12(11)13/h2-8,10,14H,9H2,1H3/t10-,14-/m1/s1. The number of nitrogens with zero attached hydrogens (tertiary/aromatic N) is 2. The van der Waals surface area contributed by atoms with Crippen molar-refractivity contribution in [3.05, 3.63) is 68.3 Å². The Balaban J connectivity index is 2.56. The van der Waals surface area contributed by atoms with Gasteiger partial charge in [0.2, 0.25) is 12.6 Å². The highest BCUT2D eigenvalue weighted by molar-refractivity contribution is 5.86. The Labute approximate surface area is 115 Å². The Kier molecular flexibility index (Phi) is 3.93. The van der Waals surface area contributed by atoms with Crippen LogP contribution in [0.25, 0.3) is 10.8 Å². The molecule has 2 atom stereocenters. The van der Waals surface area contributed by atoms with E-state index < -0.39 is 28.4 Å². The zero-order valence-electron chi connectivity index (χ0n) is 10.9. The van der Waals surface area contributed by atoms with Crippen LogP contribution in [0, 0.1) is 20.2 Å². The molecule has 2 rings (SSSR count). The summed E-state index contributed by atoms with van der Waals surface area (Å²) >= 11 is 0. The molecule has 0 radical (unpaired) electrons. The summed E-state index contributed by atoms with van der Waals surface area (Å²) in [7, 11) is 0. The molecule has 0 fully saturated rings. The van der Waals surface area contributed by atoms with Crippen molar-refractivity contribution in [1.29, 1.82) is 0 Å². The molecule has 0 bridgehead atoms. The first-order chi connectivity index (χ1) is 9.50. The van der Waals surface area contributed by atoms with Crippen LogP contribution in [0.4, 0.5) is 0 Å². The second kappa shape index (κ2) is 5.64. The van der Waals surface area contributed by atoms with Crippen molar-refractivity contribution in [2.24, 2.45) is 0 Å². The number of fused-ring (bicyclic) bond motifs is 1. The average Bonchev–Trinajstić information content (AvgIpc) is 2.43. The molecular formula is C14H14N2O4. The maximum absolute atomic E-state index is 11.0. The maximum atomic E-state index is 11.0. The monoisotopic (exact) mass is 274 g/mol. The van der Waals surface area contributed by atoms with Crippen LogP contribution in [0.15, 0.2) is 42.5 Å². The third-order valence-electron chi connectivity index (χ3n) is 3.48. The molecule has 2 aromatic carbocycles. The largest absolute Gasteiger partial charge is 0.265 e. The molecule has 0 spiro atoms. The van der Waals surface area contributed by atoms with E-state index in [0.29, 0.717) is 5.56 Å². The number of nitro groups is 2. The van der Waals surface area contributed by atoms with Gasteiger partial charge in [-0.1, -0.05) is 42.5 Å². The number of hydrogen-bond donors (Lipinski definition) is 0. The molecule has 0 unspecified atom stereocenters. The van der Waals surface area contributed by atoms with Gasteiger partial charge < -0.3 is 0 Å². The Morgan fingerprint density at radius 3 is 2.35 bits per heavy atom. The van der Waals surface area contributed by atoms with Gasteiger partial charge in [0, 0.05) is 16.8 Å². The van der Waals surface area contributed by atoms with Crippen molar-refractivity contribution in [2.75, 3.05) is 6.54 Å². The highest BCUT2D eigenvalue weighted by atomic mass is 16.6. The van der Waals surface area contributed by atoms with Crippen molar-refractivity contribution in [3.63, 3.8) is 0 Å². The smallest absolute Gasteiger partial charge is 0.223 e. The lowest BCUT2D eigenvalue weighted by molar-refractivity contribution is -0.543. The first-order valence-electron chi connectivity index (χ1n) is 6.23. The fraction of sp³-hybridized carbons (Fsp3) is 0.286. The van der Waals surface area contributed by atoms with Crippen molar-refractivity contribution in [2.45, 2.75) is 18.9 Å². The van der Waals surface area contributed by atoms with Crippen LogP contribution in [-0.2, 0) is 0 Å². The molecule has 0 aliphatic carbocycles. The SMILES string of the molecule is C[C@H]([C@@H](C[N+](=O)[O-])c1cccc2ccccc12)[N+](=O)[O-]. The average molecular weight is 274 g/mol. The third-order valence-corrected chi connectivity index (χ3v) is 3.48. The third kappa shape index (κ3) is 2.74. The molecule has 0 saturated heterocycles. The molecule has 0 heterocycles. The van der Waals surface area contributed by atoms with E-state index in [2.05, 4.69) is 0 Å². The summed E-state index contributed by atoms with van der Waals surface area (Å²) in [5.74, 6) is -0.744. The van der Waals surface area contributed by atoms with Crippen LogP contribution in [-0.4, -0.2) is 22.4 Å². The highest BCUT2D eigenvalue weighted by Crippen LogP contribution is 2.29. The van der Waals surface area contributed by atoms with Gasteiger partial charge in [0.15, 0.2) is 0 Å². The fourth-order valence-electron chi connectivity index (χ4n) is 2.39. The van der Waals surface area contributed by atoms with E-state index in [1.165, 1.54) is 6.92 Å². The molecule has 6 heteroatoms. The van der Waals surface area contributed by atoms with E-state index in [4.69, 9.17) is 0 Å². The van der Waals surface area contributed by atoms with Gasteiger partial charge in [-0.25, -0.2) is 0 Å². The van der Waals surface area contributed by atoms with Crippen molar-refractivity contribution in [1.82, 2.24) is 0 Å². The first-order valence-corrected chi connectivity index (χ1v) is 6.23. The zero-order valence-corrected chi connectivity index (χ0v) is 10.9. The molecule has 2 aromatic rings. The number of rotatable bonds is 5. The van der Waals surface area contributed by atoms with E-state index in [1.54, 1.807) is 12.1 Å². The molecule has 20 heavy (non-hydrogen) atoms. The van der Waals surface area contributed by atoms with Crippen LogP contribution in [0.5, 0.6) is 0 Å². The molecule has 6 nitrogen and oxygen atoms in total. The summed E-state index contributed by atoms with van der Waals surface area (Å²) in [4.78, 5) is 20.9. The van der Waals surface area contributed by atoms with Crippen molar-refractivity contribution >= 4 is 10.8 Å². The van der Waals surface area contributed by atoms with Crippen LogP contribution in [0.3, 0.4) is 0 Å². The minimum Gasteiger partial charge on any atom is -0.265 e. The van der Waals surface area contributed by atoms with Gasteiger partial charge in [-0.2, -0.15) is 0 Å². The Morgan fingerprint density at radius 1 is 1.05 bits per heavy atom. The van der Waals surface area contributed by atoms with Crippen molar-refractivity contribution < 1.29 is 9.85 Å². The summed E-state index contributed by atoms with van der Waals surface area (Å²) < 4.78 is 0. The second-order valence-electron chi connectivity index (χ2n) is 4.72. The van der Waals surface area contributed by atoms with Gasteiger partial charge in [-0.15, -0.1) is 0 Å². The summed E-state index contributed by atoms with van der Waals surface area (Å²) in [5, 5.41) is 23.6. The van der Waals surface area contributed by atoms with Gasteiger partial charge in [-0.05, 0) is 16.3 Å². The minimum atomic E-state index is -1.01. The quantitative estimate of drug-likeness (QED) is 0.619. The van der Waals surface area contributed by atoms with Crippen molar-refractivity contribution in [3.8, 4) is 0 Å². The van der Waals surface area contributed by atoms with E-state index in [9.17, 15) is 20.2 Å². The van der Waals surface area contributed by atoms with Gasteiger partial charge >= 0.3 is 0 Å². The summed E-state index contributed by atoms with van der Waals surface area (Å²) in [6, 6.07) is 11.8. The Hall–Kier alpha value is -2.50. The number of hydrogen-bond acceptors (Lipinski definition) is 4. The normalized spacial score (nSPS) is 13.8. The molecule has 0 aromatic heterocycles. The second-order valence-corrected chi connectivity index (χ2v) is 4.72. The summed E-state index contributed by atoms with van der Waals surface area (Å²) in [6.45, 7) is 0.964. The lowest BCUT2D eigenvalue weighted by atomic mass is 9.89. The van der Waals surface area contributed by atoms with Crippen LogP contribution < -0.4 is 0 Å². The van der Waals surface area contributed by atoms with Gasteiger partial charge in [-0.3, -0.25) is 20.2 Å². The molecule has 0 aliphatic rings. The van der Waals surface area contributed by atoms with Gasteiger partial charge in [0.05, 0.1) is 0 Å². The van der Waals surface area contributed by atoms with E-state index in [-0.39, 0.29) is 0 Å². The predicted molar refractivity (Wildman–Crippen MR) is 75.0 cm³/mol. The van der Waals surface area contributed by atoms with E-state index in [0.717, 1.165) is 10.8 Å². The lowest BCUT2D eigenvalue weighted by Crippen LogP contribution is -2.29. The van der Waals surface area contributed by atoms with Crippen LogP contribution in [0.1, 0.15) is 18.4 Å². The molecule has 0 N–H and O–H groups in total. The lowest BCUT2D eigenvalue weighted by Gasteiger charge is -2.16. The predicted octanol–water partition coefficient (Wildman–Crippen LogP) is 2.87. The zero-order chi connectivity index (χ0) is 14.7. The molecule has 104 valence electrons. The maximum Gasteiger partial charge on any atom is 0.223 e. The minimum absolute atomic E-state index is 0.448. The summed E-state index contributed by atoms with van der Waals surface area (Å²) in [6.07, 6.45) is 0. The van der Waals surface area contributed by atoms with Gasteiger partial charge in [0.1, 0.15) is 5.92 Å². The van der Waals surface area contributed by atoms with Crippen LogP contribution >= 0.6 is 0 Å². The molecule has 0 saturated carbocycles. The fourth-order valence-corrected chi connectivity index (χ4v) is 2.39. The molecular weight excluding hydrogens is 260 g/mol. The molecule has 0 amide bonds. The van der Waals surface area contributed by atoms with E-state index >= 15 is 0 Å². The Bertz CT molecular complexity index is 651. The highest BCUT2D eigenvalue weighted by Gasteiger charge is 2.33. The Morgan fingerprint density at radius 2 is 1.70 bits per heavy atom. The topological polar surface area (TPSA) is 86.3 Å². The van der Waals surface area contributed by atoms with Gasteiger partial charge in [0.25, 0.3) is 0 Å². The molecule has 0 aliphatic heterocycles. The number of benzene rings is 2.